The summed E-state index contributed by atoms with van der Waals surface area (Å²) in [5, 5.41) is 0. The maximum atomic E-state index is 10.8. The number of hydrogen-bond acceptors (Lipinski definition) is 5. The van der Waals surface area contributed by atoms with Crippen LogP contribution in [0, 0.1) is 11.8 Å². The van der Waals surface area contributed by atoms with Gasteiger partial charge in [-0.15, -0.1) is 0 Å². The van der Waals surface area contributed by atoms with Gasteiger partial charge in [0.05, 0.1) is 13.5 Å². The maximum absolute atomic E-state index is 10.8. The Kier molecular flexibility index (Phi) is 8.68. The van der Waals surface area contributed by atoms with Crippen molar-refractivity contribution in [2.75, 3.05) is 7.11 Å². The molecule has 0 atom stereocenters. The third-order valence-electron chi connectivity index (χ3n) is 2.90. The van der Waals surface area contributed by atoms with Crippen molar-refractivity contribution in [1.82, 2.24) is 0 Å². The lowest BCUT2D eigenvalue weighted by molar-refractivity contribution is -0.138. The number of hydrogen-bond donors (Lipinski definition) is 0. The molecule has 0 aliphatic heterocycles. The zero-order chi connectivity index (χ0) is 15.7. The average molecular weight is 284 g/mol. The minimum atomic E-state index is -0.245. The van der Waals surface area contributed by atoms with Gasteiger partial charge in [-0.1, -0.05) is 0 Å². The summed E-state index contributed by atoms with van der Waals surface area (Å²) < 4.78 is 4.11. The van der Waals surface area contributed by atoms with Gasteiger partial charge in [-0.25, -0.2) is 0 Å². The van der Waals surface area contributed by atoms with Gasteiger partial charge < -0.3 is 4.74 Å². The Morgan fingerprint density at radius 1 is 0.900 bits per heavy atom. The van der Waals surface area contributed by atoms with E-state index in [4.69, 9.17) is 0 Å². The monoisotopic (exact) mass is 284 g/mol. The Bertz CT molecular complexity index is 364. The highest BCUT2D eigenvalue weighted by atomic mass is 16.5. The highest BCUT2D eigenvalue weighted by Crippen LogP contribution is 2.30. The van der Waals surface area contributed by atoms with Crippen molar-refractivity contribution in [2.24, 2.45) is 11.8 Å². The molecule has 0 saturated heterocycles. The van der Waals surface area contributed by atoms with Crippen molar-refractivity contribution in [1.29, 1.82) is 0 Å². The van der Waals surface area contributed by atoms with E-state index in [2.05, 4.69) is 4.74 Å². The minimum absolute atomic E-state index is 0.00750. The molecule has 0 N–H and O–H groups in total. The van der Waals surface area contributed by atoms with E-state index >= 15 is 0 Å². The first-order valence-corrected chi connectivity index (χ1v) is 6.85. The quantitative estimate of drug-likeness (QED) is 0.583. The van der Waals surface area contributed by atoms with Gasteiger partial charge in [-0.05, 0) is 39.5 Å². The van der Waals surface area contributed by atoms with E-state index in [0.29, 0.717) is 11.7 Å². The summed E-state index contributed by atoms with van der Waals surface area (Å²) in [5.74, 6) is 0.966. The highest BCUT2D eigenvalue weighted by Gasteiger charge is 2.29. The van der Waals surface area contributed by atoms with E-state index < -0.39 is 0 Å². The number of methoxy groups -OCH3 is 1. The molecule has 0 spiro atoms. The Morgan fingerprint density at radius 2 is 1.30 bits per heavy atom. The molecule has 2 saturated carbocycles. The number of ketones is 3. The van der Waals surface area contributed by atoms with Crippen LogP contribution in [0.2, 0.25) is 0 Å². The van der Waals surface area contributed by atoms with Gasteiger partial charge in [0.25, 0.3) is 0 Å². The smallest absolute Gasteiger partial charge is 0.302 e. The molecule has 0 aromatic carbocycles. The molecule has 2 aliphatic rings. The van der Waals surface area contributed by atoms with Crippen molar-refractivity contribution in [3.63, 3.8) is 0 Å². The third kappa shape index (κ3) is 11.6. The average Bonchev–Trinajstić information content (AvgIpc) is 3.19. The van der Waals surface area contributed by atoms with Gasteiger partial charge in [-0.2, -0.15) is 0 Å². The first kappa shape index (κ1) is 18.5. The van der Waals surface area contributed by atoms with E-state index in [-0.39, 0.29) is 29.9 Å². The van der Waals surface area contributed by atoms with Gasteiger partial charge >= 0.3 is 5.97 Å². The number of carbonyl (C=O) groups is 4. The van der Waals surface area contributed by atoms with Crippen LogP contribution in [0.1, 0.15) is 52.9 Å². The molecule has 20 heavy (non-hydrogen) atoms. The van der Waals surface area contributed by atoms with Crippen LogP contribution in [0.4, 0.5) is 0 Å². The molecular weight excluding hydrogens is 260 g/mol. The SMILES string of the molecule is CC(=O)C1CC1.CC(=O)CC(=O)C1CC1.COC(C)=O. The van der Waals surface area contributed by atoms with Gasteiger partial charge in [-0.3, -0.25) is 19.2 Å². The molecule has 0 aromatic rings. The third-order valence-corrected chi connectivity index (χ3v) is 2.90. The second-order valence-corrected chi connectivity index (χ2v) is 5.20. The Balaban J connectivity index is 0.000000288. The van der Waals surface area contributed by atoms with Crippen LogP contribution in [-0.4, -0.2) is 30.4 Å². The fraction of sp³-hybridized carbons (Fsp3) is 0.733. The van der Waals surface area contributed by atoms with Crippen LogP contribution in [0.5, 0.6) is 0 Å². The zero-order valence-corrected chi connectivity index (χ0v) is 12.7. The van der Waals surface area contributed by atoms with Gasteiger partial charge in [0.1, 0.15) is 17.3 Å². The summed E-state index contributed by atoms with van der Waals surface area (Å²) in [6.07, 6.45) is 4.47. The van der Waals surface area contributed by atoms with E-state index in [1.54, 1.807) is 6.92 Å². The van der Waals surface area contributed by atoms with Gasteiger partial charge in [0.2, 0.25) is 0 Å². The first-order chi connectivity index (χ1) is 9.27. The maximum Gasteiger partial charge on any atom is 0.302 e. The van der Waals surface area contributed by atoms with E-state index in [1.165, 1.54) is 21.0 Å². The predicted octanol–water partition coefficient (Wildman–Crippen LogP) is 2.11. The Hall–Kier alpha value is -1.52. The largest absolute Gasteiger partial charge is 0.469 e. The standard InChI is InChI=1S/C7H10O2.C5H8O.C3H6O2/c1-5(8)4-7(9)6-2-3-6;1-4(6)5-2-3-5;1-3(4)5-2/h6H,2-4H2,1H3;5H,2-3H2,1H3;1-2H3. The van der Waals surface area contributed by atoms with Crippen LogP contribution < -0.4 is 0 Å². The lowest BCUT2D eigenvalue weighted by Gasteiger charge is -1.89. The summed E-state index contributed by atoms with van der Waals surface area (Å²) in [7, 11) is 1.35. The van der Waals surface area contributed by atoms with Crippen molar-refractivity contribution in [3.05, 3.63) is 0 Å². The Labute approximate surface area is 120 Å². The van der Waals surface area contributed by atoms with Crippen LogP contribution in [-0.2, 0) is 23.9 Å². The van der Waals surface area contributed by atoms with Crippen molar-refractivity contribution in [2.45, 2.75) is 52.9 Å². The number of esters is 1. The highest BCUT2D eigenvalue weighted by molar-refractivity contribution is 5.99. The fourth-order valence-electron chi connectivity index (χ4n) is 1.28. The number of ether oxygens (including phenoxy) is 1. The van der Waals surface area contributed by atoms with Crippen LogP contribution in [0.25, 0.3) is 0 Å². The Morgan fingerprint density at radius 3 is 1.45 bits per heavy atom. The molecule has 0 heterocycles. The molecule has 5 heteroatoms. The second kappa shape index (κ2) is 9.39. The lowest BCUT2D eigenvalue weighted by Crippen LogP contribution is -2.05. The fourth-order valence-corrected chi connectivity index (χ4v) is 1.28. The summed E-state index contributed by atoms with van der Waals surface area (Å²) in [4.78, 5) is 41.0. The molecular formula is C15H24O5. The van der Waals surface area contributed by atoms with E-state index in [9.17, 15) is 19.2 Å². The number of carbonyl (C=O) groups excluding carboxylic acids is 4. The summed E-state index contributed by atoms with van der Waals surface area (Å²) in [5.41, 5.74) is 0. The first-order valence-electron chi connectivity index (χ1n) is 6.85. The van der Waals surface area contributed by atoms with Crippen LogP contribution in [0.15, 0.2) is 0 Å². The molecule has 5 nitrogen and oxygen atoms in total. The molecule has 0 bridgehead atoms. The molecule has 114 valence electrons. The van der Waals surface area contributed by atoms with E-state index in [1.807, 2.05) is 0 Å². The minimum Gasteiger partial charge on any atom is -0.469 e. The number of rotatable bonds is 4. The molecule has 0 aromatic heterocycles. The zero-order valence-electron chi connectivity index (χ0n) is 12.7. The number of Topliss-reactive ketones (excluding diaryl/α,β-unsaturated/α-hetero) is 3. The summed E-state index contributed by atoms with van der Waals surface area (Å²) >= 11 is 0. The summed E-state index contributed by atoms with van der Waals surface area (Å²) in [6, 6.07) is 0. The summed E-state index contributed by atoms with van der Waals surface area (Å²) in [6.45, 7) is 4.48. The topological polar surface area (TPSA) is 77.5 Å². The molecule has 2 rings (SSSR count). The van der Waals surface area contributed by atoms with Gasteiger partial charge in [0.15, 0.2) is 0 Å². The van der Waals surface area contributed by atoms with Crippen LogP contribution >= 0.6 is 0 Å². The van der Waals surface area contributed by atoms with Crippen molar-refractivity contribution >= 4 is 23.3 Å². The molecule has 0 amide bonds. The lowest BCUT2D eigenvalue weighted by atomic mass is 10.1. The second-order valence-electron chi connectivity index (χ2n) is 5.20. The molecule has 0 radical (unpaired) electrons. The molecule has 2 aliphatic carbocycles. The molecule has 0 unspecified atom stereocenters. The normalized spacial score (nSPS) is 15.8. The van der Waals surface area contributed by atoms with Crippen molar-refractivity contribution < 1.29 is 23.9 Å². The molecule has 2 fully saturated rings. The van der Waals surface area contributed by atoms with Gasteiger partial charge in [0, 0.05) is 18.8 Å². The predicted molar refractivity (Wildman–Crippen MR) is 74.1 cm³/mol. The van der Waals surface area contributed by atoms with E-state index in [0.717, 1.165) is 25.7 Å². The van der Waals surface area contributed by atoms with Crippen LogP contribution in [0.3, 0.4) is 0 Å². The van der Waals surface area contributed by atoms with Crippen molar-refractivity contribution in [3.8, 4) is 0 Å².